The summed E-state index contributed by atoms with van der Waals surface area (Å²) in [5.74, 6) is 0.365. The average Bonchev–Trinajstić information content (AvgIpc) is 2.88. The molecule has 0 bridgehead atoms. The third-order valence-electron chi connectivity index (χ3n) is 5.18. The van der Waals surface area contributed by atoms with Gasteiger partial charge in [0, 0.05) is 34.8 Å². The topological polar surface area (TPSA) is 0 Å². The summed E-state index contributed by atoms with van der Waals surface area (Å²) in [4.78, 5) is 4.72. The van der Waals surface area contributed by atoms with E-state index in [1.165, 1.54) is 0 Å². The molecule has 0 fully saturated rings. The van der Waals surface area contributed by atoms with Gasteiger partial charge in [-0.25, -0.2) is 0 Å². The number of benzene rings is 2. The second-order valence-corrected chi connectivity index (χ2v) is 9.76. The lowest BCUT2D eigenvalue weighted by atomic mass is 9.70. The lowest BCUT2D eigenvalue weighted by Crippen LogP contribution is -2.27. The summed E-state index contributed by atoms with van der Waals surface area (Å²) in [7, 11) is 0. The Kier molecular flexibility index (Phi) is 7.11. The van der Waals surface area contributed by atoms with Gasteiger partial charge in [0.1, 0.15) is 0 Å². The third kappa shape index (κ3) is 4.01. The molecule has 1 unspecified atom stereocenters. The van der Waals surface area contributed by atoms with E-state index in [1.807, 2.05) is 12.1 Å². The minimum atomic E-state index is -0.517. The molecule has 0 spiro atoms. The van der Waals surface area contributed by atoms with Gasteiger partial charge in [-0.15, -0.1) is 75.8 Å². The maximum atomic E-state index is 4.82. The summed E-state index contributed by atoms with van der Waals surface area (Å²) in [5.41, 5.74) is 2.69. The SMILES string of the molecule is CC1C=CC=C(C(C)(c2ccc(S)c(S)c2S)c2ccc(S)c(S)c2S)C=C1. The molecule has 0 saturated carbocycles. The maximum absolute atomic E-state index is 4.82. The van der Waals surface area contributed by atoms with Crippen molar-refractivity contribution in [1.82, 2.24) is 0 Å². The van der Waals surface area contributed by atoms with Gasteiger partial charge in [0.2, 0.25) is 0 Å². The molecular formula is C22H22S6. The zero-order valence-electron chi connectivity index (χ0n) is 15.5. The Morgan fingerprint density at radius 3 is 1.71 bits per heavy atom. The van der Waals surface area contributed by atoms with Crippen molar-refractivity contribution in [1.29, 1.82) is 0 Å². The number of rotatable bonds is 3. The fourth-order valence-corrected chi connectivity index (χ4v) is 5.22. The van der Waals surface area contributed by atoms with E-state index in [1.54, 1.807) is 0 Å². The smallest absolute Gasteiger partial charge is 0.0445 e. The molecule has 1 aliphatic rings. The summed E-state index contributed by atoms with van der Waals surface area (Å²) in [5, 5.41) is 0. The van der Waals surface area contributed by atoms with E-state index in [4.69, 9.17) is 25.3 Å². The van der Waals surface area contributed by atoms with Crippen LogP contribution in [0.25, 0.3) is 0 Å². The van der Waals surface area contributed by atoms with Gasteiger partial charge in [0.25, 0.3) is 0 Å². The summed E-state index contributed by atoms with van der Waals surface area (Å²) in [6.45, 7) is 4.35. The van der Waals surface area contributed by atoms with E-state index >= 15 is 0 Å². The average molecular weight is 479 g/mol. The normalized spacial score (nSPS) is 16.9. The van der Waals surface area contributed by atoms with Crippen LogP contribution in [0.1, 0.15) is 25.0 Å². The van der Waals surface area contributed by atoms with Crippen molar-refractivity contribution in [2.24, 2.45) is 5.92 Å². The largest absolute Gasteiger partial charge is 0.142 e. The Balaban J connectivity index is 2.38. The Morgan fingerprint density at radius 1 is 0.714 bits per heavy atom. The minimum Gasteiger partial charge on any atom is -0.142 e. The fraction of sp³-hybridized carbons (Fsp3) is 0.182. The predicted octanol–water partition coefficient (Wildman–Crippen LogP) is 7.41. The molecule has 0 aromatic heterocycles. The van der Waals surface area contributed by atoms with Crippen molar-refractivity contribution in [3.63, 3.8) is 0 Å². The minimum absolute atomic E-state index is 0.365. The Bertz CT molecular complexity index is 959. The van der Waals surface area contributed by atoms with Crippen molar-refractivity contribution in [2.75, 3.05) is 0 Å². The first-order valence-electron chi connectivity index (χ1n) is 8.73. The number of thiol groups is 6. The molecule has 1 atom stereocenters. The second-order valence-electron chi connectivity index (χ2n) is 7.01. The van der Waals surface area contributed by atoms with Crippen LogP contribution in [-0.2, 0) is 5.41 Å². The van der Waals surface area contributed by atoms with Crippen molar-refractivity contribution in [3.8, 4) is 0 Å². The Hall–Kier alpha value is -0.240. The monoisotopic (exact) mass is 478 g/mol. The van der Waals surface area contributed by atoms with E-state index < -0.39 is 5.41 Å². The molecule has 0 heterocycles. The highest BCUT2D eigenvalue weighted by atomic mass is 32.1. The first-order valence-corrected chi connectivity index (χ1v) is 11.4. The van der Waals surface area contributed by atoms with Crippen LogP contribution in [0.3, 0.4) is 0 Å². The summed E-state index contributed by atoms with van der Waals surface area (Å²) in [6.07, 6.45) is 10.8. The molecule has 0 aliphatic heterocycles. The van der Waals surface area contributed by atoms with Gasteiger partial charge >= 0.3 is 0 Å². The molecule has 2 aromatic carbocycles. The highest BCUT2D eigenvalue weighted by Crippen LogP contribution is 2.48. The van der Waals surface area contributed by atoms with Crippen LogP contribution in [0, 0.1) is 5.92 Å². The number of hydrogen-bond donors (Lipinski definition) is 6. The van der Waals surface area contributed by atoms with Crippen molar-refractivity contribution < 1.29 is 0 Å². The molecule has 0 radical (unpaired) electrons. The molecule has 28 heavy (non-hydrogen) atoms. The molecule has 0 amide bonds. The van der Waals surface area contributed by atoms with Crippen molar-refractivity contribution >= 4 is 75.8 Å². The second kappa shape index (κ2) is 8.86. The van der Waals surface area contributed by atoms with Crippen LogP contribution >= 0.6 is 75.8 Å². The van der Waals surface area contributed by atoms with Gasteiger partial charge in [0.05, 0.1) is 0 Å². The maximum Gasteiger partial charge on any atom is 0.0445 e. The highest BCUT2D eigenvalue weighted by Gasteiger charge is 2.36. The van der Waals surface area contributed by atoms with Gasteiger partial charge < -0.3 is 0 Å². The zero-order valence-corrected chi connectivity index (χ0v) is 20.8. The Labute approximate surface area is 200 Å². The lowest BCUT2D eigenvalue weighted by Gasteiger charge is -2.35. The van der Waals surface area contributed by atoms with Crippen LogP contribution in [0.4, 0.5) is 0 Å². The molecular weight excluding hydrogens is 457 g/mol. The number of hydrogen-bond acceptors (Lipinski definition) is 6. The molecule has 0 saturated heterocycles. The third-order valence-corrected chi connectivity index (χ3v) is 8.49. The van der Waals surface area contributed by atoms with Gasteiger partial charge in [-0.2, -0.15) is 0 Å². The van der Waals surface area contributed by atoms with Crippen LogP contribution < -0.4 is 0 Å². The van der Waals surface area contributed by atoms with Crippen molar-refractivity contribution in [2.45, 2.75) is 48.6 Å². The quantitative estimate of drug-likeness (QED) is 0.243. The molecule has 0 N–H and O–H groups in total. The molecule has 146 valence electrons. The Morgan fingerprint density at radius 2 is 1.21 bits per heavy atom. The van der Waals surface area contributed by atoms with Gasteiger partial charge in [-0.3, -0.25) is 0 Å². The first-order chi connectivity index (χ1) is 13.2. The summed E-state index contributed by atoms with van der Waals surface area (Å²) in [6, 6.07) is 8.06. The highest BCUT2D eigenvalue weighted by molar-refractivity contribution is 7.85. The molecule has 3 rings (SSSR count). The first kappa shape index (κ1) is 22.4. The van der Waals surface area contributed by atoms with Gasteiger partial charge in [0.15, 0.2) is 0 Å². The zero-order chi connectivity index (χ0) is 20.6. The van der Waals surface area contributed by atoms with E-state index in [9.17, 15) is 0 Å². The fourth-order valence-electron chi connectivity index (χ4n) is 3.44. The predicted molar refractivity (Wildman–Crippen MR) is 138 cm³/mol. The molecule has 1 aliphatic carbocycles. The number of allylic oxidation sites excluding steroid dienone is 6. The van der Waals surface area contributed by atoms with Crippen LogP contribution in [0.15, 0.2) is 89.6 Å². The van der Waals surface area contributed by atoms with E-state index in [-0.39, 0.29) is 0 Å². The van der Waals surface area contributed by atoms with E-state index in [0.29, 0.717) is 5.92 Å². The van der Waals surface area contributed by atoms with Gasteiger partial charge in [-0.05, 0) is 41.7 Å². The molecule has 0 nitrogen and oxygen atoms in total. The van der Waals surface area contributed by atoms with E-state index in [0.717, 1.165) is 46.1 Å². The molecule has 2 aromatic rings. The van der Waals surface area contributed by atoms with Crippen LogP contribution in [-0.4, -0.2) is 0 Å². The van der Waals surface area contributed by atoms with Gasteiger partial charge in [-0.1, -0.05) is 49.4 Å². The lowest BCUT2D eigenvalue weighted by molar-refractivity contribution is 0.647. The molecule has 6 heteroatoms. The standard InChI is InChI=1S/C22H22S6/c1-12-4-3-5-13(7-6-12)22(2,14-8-10-16(23)20(27)18(14)25)15-9-11-17(24)21(28)19(15)26/h3-12,23-28H,1-2H3. The summed E-state index contributed by atoms with van der Waals surface area (Å²) >= 11 is 27.9. The van der Waals surface area contributed by atoms with Crippen LogP contribution in [0.5, 0.6) is 0 Å². The summed E-state index contributed by atoms with van der Waals surface area (Å²) < 4.78 is 0. The van der Waals surface area contributed by atoms with Crippen LogP contribution in [0.2, 0.25) is 0 Å². The van der Waals surface area contributed by atoms with Crippen molar-refractivity contribution in [3.05, 3.63) is 71.3 Å². The van der Waals surface area contributed by atoms with E-state index in [2.05, 4.69) is 107 Å².